The highest BCUT2D eigenvalue weighted by Gasteiger charge is 2.28. The molecule has 0 bridgehead atoms. The number of sulfonamides is 1. The van der Waals surface area contributed by atoms with Crippen molar-refractivity contribution in [1.29, 1.82) is 0 Å². The second-order valence-corrected chi connectivity index (χ2v) is 9.01. The summed E-state index contributed by atoms with van der Waals surface area (Å²) < 4.78 is 41.1. The van der Waals surface area contributed by atoms with Crippen LogP contribution in [0.2, 0.25) is 5.02 Å². The van der Waals surface area contributed by atoms with E-state index in [9.17, 15) is 17.6 Å². The van der Waals surface area contributed by atoms with Gasteiger partial charge in [0.05, 0.1) is 21.2 Å². The molecule has 5 nitrogen and oxygen atoms in total. The standard InChI is InChI=1S/C17H15BrClFN2O3S/c18-13-7-6-11(26(24,25)22-8-1-2-9-22)10-12(13)17(23)21-15-5-3-4-14(19)16(15)20/h3-7,10H,1-2,8-9H2,(H,21,23). The average molecular weight is 462 g/mol. The molecule has 1 aliphatic heterocycles. The zero-order chi connectivity index (χ0) is 18.9. The van der Waals surface area contributed by atoms with E-state index in [0.29, 0.717) is 17.6 Å². The number of hydrogen-bond donors (Lipinski definition) is 1. The van der Waals surface area contributed by atoms with E-state index >= 15 is 0 Å². The number of benzene rings is 2. The smallest absolute Gasteiger partial charge is 0.256 e. The maximum absolute atomic E-state index is 14.0. The van der Waals surface area contributed by atoms with Crippen molar-refractivity contribution in [2.75, 3.05) is 18.4 Å². The zero-order valence-corrected chi connectivity index (χ0v) is 16.7. The molecule has 0 aromatic heterocycles. The molecule has 0 unspecified atom stereocenters. The van der Waals surface area contributed by atoms with Gasteiger partial charge in [-0.05, 0) is 59.1 Å². The minimum Gasteiger partial charge on any atom is -0.319 e. The largest absolute Gasteiger partial charge is 0.319 e. The van der Waals surface area contributed by atoms with Crippen LogP contribution in [0.4, 0.5) is 10.1 Å². The van der Waals surface area contributed by atoms with Gasteiger partial charge in [0.25, 0.3) is 5.91 Å². The summed E-state index contributed by atoms with van der Waals surface area (Å²) in [4.78, 5) is 12.6. The van der Waals surface area contributed by atoms with Gasteiger partial charge in [0.15, 0.2) is 5.82 Å². The van der Waals surface area contributed by atoms with Gasteiger partial charge in [0, 0.05) is 17.6 Å². The summed E-state index contributed by atoms with van der Waals surface area (Å²) in [6.45, 7) is 0.932. The first kappa shape index (κ1) is 19.3. The Morgan fingerprint density at radius 2 is 1.88 bits per heavy atom. The molecular weight excluding hydrogens is 447 g/mol. The van der Waals surface area contributed by atoms with Crippen LogP contribution in [0.1, 0.15) is 23.2 Å². The molecule has 0 saturated carbocycles. The number of rotatable bonds is 4. The monoisotopic (exact) mass is 460 g/mol. The second-order valence-electron chi connectivity index (χ2n) is 5.81. The van der Waals surface area contributed by atoms with Crippen LogP contribution >= 0.6 is 27.5 Å². The van der Waals surface area contributed by atoms with Crippen LogP contribution in [0.15, 0.2) is 45.8 Å². The van der Waals surface area contributed by atoms with Gasteiger partial charge in [0.1, 0.15) is 0 Å². The third-order valence-corrected chi connectivity index (χ3v) is 6.96. The molecule has 26 heavy (non-hydrogen) atoms. The highest BCUT2D eigenvalue weighted by atomic mass is 79.9. The van der Waals surface area contributed by atoms with E-state index in [1.807, 2.05) is 0 Å². The first-order chi connectivity index (χ1) is 12.3. The minimum absolute atomic E-state index is 0.0271. The molecule has 0 spiro atoms. The van der Waals surface area contributed by atoms with Crippen molar-refractivity contribution in [3.05, 3.63) is 57.3 Å². The fourth-order valence-corrected chi connectivity index (χ4v) is 4.85. The number of halogens is 3. The third-order valence-electron chi connectivity index (χ3n) is 4.09. The first-order valence-electron chi connectivity index (χ1n) is 7.86. The Bertz CT molecular complexity index is 962. The summed E-state index contributed by atoms with van der Waals surface area (Å²) in [5, 5.41) is 2.30. The van der Waals surface area contributed by atoms with Crippen molar-refractivity contribution >= 4 is 49.1 Å². The normalized spacial score (nSPS) is 15.2. The van der Waals surface area contributed by atoms with Gasteiger partial charge in [-0.2, -0.15) is 4.31 Å². The van der Waals surface area contributed by atoms with Crippen molar-refractivity contribution < 1.29 is 17.6 Å². The predicted octanol–water partition coefficient (Wildman–Crippen LogP) is 4.28. The lowest BCUT2D eigenvalue weighted by molar-refractivity contribution is 0.102. The van der Waals surface area contributed by atoms with Crippen LogP contribution in [0, 0.1) is 5.82 Å². The van der Waals surface area contributed by atoms with Crippen LogP contribution < -0.4 is 5.32 Å². The number of nitrogens with zero attached hydrogens (tertiary/aromatic N) is 1. The van der Waals surface area contributed by atoms with E-state index in [1.165, 1.54) is 40.7 Å². The second kappa shape index (κ2) is 7.64. The zero-order valence-electron chi connectivity index (χ0n) is 13.5. The molecule has 1 fully saturated rings. The molecule has 0 atom stereocenters. The molecule has 0 aliphatic carbocycles. The lowest BCUT2D eigenvalue weighted by atomic mass is 10.2. The van der Waals surface area contributed by atoms with Gasteiger partial charge in [-0.3, -0.25) is 4.79 Å². The number of carbonyl (C=O) groups excluding carboxylic acids is 1. The maximum atomic E-state index is 14.0. The Labute approximate surface area is 164 Å². The molecule has 1 saturated heterocycles. The van der Waals surface area contributed by atoms with Gasteiger partial charge < -0.3 is 5.32 Å². The van der Waals surface area contributed by atoms with Gasteiger partial charge in [-0.1, -0.05) is 17.7 Å². The minimum atomic E-state index is -3.66. The van der Waals surface area contributed by atoms with E-state index < -0.39 is 21.7 Å². The number of carbonyl (C=O) groups is 1. The molecule has 1 heterocycles. The van der Waals surface area contributed by atoms with Gasteiger partial charge in [0.2, 0.25) is 10.0 Å². The fraction of sp³-hybridized carbons (Fsp3) is 0.235. The van der Waals surface area contributed by atoms with Gasteiger partial charge in [-0.15, -0.1) is 0 Å². The van der Waals surface area contributed by atoms with Crippen LogP contribution in [0.5, 0.6) is 0 Å². The Morgan fingerprint density at radius 1 is 1.19 bits per heavy atom. The van der Waals surface area contributed by atoms with Gasteiger partial charge in [-0.25, -0.2) is 12.8 Å². The molecule has 138 valence electrons. The highest BCUT2D eigenvalue weighted by Crippen LogP contribution is 2.27. The molecule has 2 aromatic rings. The summed E-state index contributed by atoms with van der Waals surface area (Å²) in [5.74, 6) is -1.39. The molecule has 0 radical (unpaired) electrons. The van der Waals surface area contributed by atoms with E-state index in [-0.39, 0.29) is 21.2 Å². The van der Waals surface area contributed by atoms with E-state index in [1.54, 1.807) is 0 Å². The Hall–Kier alpha value is -1.48. The summed E-state index contributed by atoms with van der Waals surface area (Å²) in [6.07, 6.45) is 1.63. The quantitative estimate of drug-likeness (QED) is 0.739. The SMILES string of the molecule is O=C(Nc1cccc(Cl)c1F)c1cc(S(=O)(=O)N2CCCC2)ccc1Br. The summed E-state index contributed by atoms with van der Waals surface area (Å²) >= 11 is 8.95. The maximum Gasteiger partial charge on any atom is 0.256 e. The Balaban J connectivity index is 1.92. The predicted molar refractivity (Wildman–Crippen MR) is 101 cm³/mol. The molecular formula is C17H15BrClFN2O3S. The Kier molecular flexibility index (Phi) is 5.67. The lowest BCUT2D eigenvalue weighted by Gasteiger charge is -2.16. The molecule has 2 aromatic carbocycles. The molecule has 1 aliphatic rings. The number of nitrogens with one attached hydrogen (secondary N) is 1. The van der Waals surface area contributed by atoms with Crippen LogP contribution in [0.25, 0.3) is 0 Å². The van der Waals surface area contributed by atoms with Gasteiger partial charge >= 0.3 is 0 Å². The van der Waals surface area contributed by atoms with Crippen molar-refractivity contribution in [3.8, 4) is 0 Å². The van der Waals surface area contributed by atoms with E-state index in [0.717, 1.165) is 12.8 Å². The number of hydrogen-bond acceptors (Lipinski definition) is 3. The topological polar surface area (TPSA) is 66.5 Å². The van der Waals surface area contributed by atoms with Crippen molar-refractivity contribution in [1.82, 2.24) is 4.31 Å². The summed E-state index contributed by atoms with van der Waals surface area (Å²) in [5.41, 5.74) is 0.00634. The summed E-state index contributed by atoms with van der Waals surface area (Å²) in [6, 6.07) is 8.46. The van der Waals surface area contributed by atoms with Crippen molar-refractivity contribution in [3.63, 3.8) is 0 Å². The van der Waals surface area contributed by atoms with Crippen LogP contribution in [0.3, 0.4) is 0 Å². The number of amides is 1. The molecule has 3 rings (SSSR count). The molecule has 9 heteroatoms. The fourth-order valence-electron chi connectivity index (χ4n) is 2.71. The van der Waals surface area contributed by atoms with Crippen molar-refractivity contribution in [2.24, 2.45) is 0 Å². The van der Waals surface area contributed by atoms with E-state index in [2.05, 4.69) is 21.2 Å². The third kappa shape index (κ3) is 3.78. The number of anilines is 1. The molecule has 1 N–H and O–H groups in total. The molecule has 1 amide bonds. The first-order valence-corrected chi connectivity index (χ1v) is 10.5. The summed E-state index contributed by atoms with van der Waals surface area (Å²) in [7, 11) is -3.66. The van der Waals surface area contributed by atoms with Crippen LogP contribution in [-0.4, -0.2) is 31.7 Å². The Morgan fingerprint density at radius 3 is 2.58 bits per heavy atom. The average Bonchev–Trinajstić information content (AvgIpc) is 3.14. The van der Waals surface area contributed by atoms with E-state index in [4.69, 9.17) is 11.6 Å². The lowest BCUT2D eigenvalue weighted by Crippen LogP contribution is -2.28. The highest BCUT2D eigenvalue weighted by molar-refractivity contribution is 9.10. The van der Waals surface area contributed by atoms with Crippen LogP contribution in [-0.2, 0) is 10.0 Å². The van der Waals surface area contributed by atoms with Crippen molar-refractivity contribution in [2.45, 2.75) is 17.7 Å².